The average Bonchev–Trinajstić information content (AvgIpc) is 3.17. The van der Waals surface area contributed by atoms with Crippen molar-refractivity contribution in [2.45, 2.75) is 52.2 Å². The summed E-state index contributed by atoms with van der Waals surface area (Å²) in [5.74, 6) is 2.70. The molecule has 2 aromatic carbocycles. The van der Waals surface area contributed by atoms with Crippen molar-refractivity contribution in [1.29, 1.82) is 0 Å². The van der Waals surface area contributed by atoms with Crippen molar-refractivity contribution in [3.63, 3.8) is 0 Å². The number of ether oxygens (including phenoxy) is 3. The summed E-state index contributed by atoms with van der Waals surface area (Å²) >= 11 is 0. The van der Waals surface area contributed by atoms with Crippen molar-refractivity contribution in [3.8, 4) is 17.2 Å². The number of allylic oxidation sites excluding steroid dienone is 1. The van der Waals surface area contributed by atoms with Crippen LogP contribution in [0.4, 0.5) is 0 Å². The molecule has 0 bridgehead atoms. The molecule has 0 aliphatic heterocycles. The van der Waals surface area contributed by atoms with E-state index in [2.05, 4.69) is 19.0 Å². The maximum Gasteiger partial charge on any atom is 0.125 e. The lowest BCUT2D eigenvalue weighted by Gasteiger charge is -2.19. The van der Waals surface area contributed by atoms with Crippen LogP contribution in [0.1, 0.15) is 42.9 Å². The Morgan fingerprint density at radius 2 is 1.63 bits per heavy atom. The summed E-state index contributed by atoms with van der Waals surface area (Å²) in [4.78, 5) is 4.70. The molecule has 2 unspecified atom stereocenters. The summed E-state index contributed by atoms with van der Waals surface area (Å²) in [6.45, 7) is 6.71. The van der Waals surface area contributed by atoms with Crippen LogP contribution in [-0.4, -0.2) is 32.1 Å². The highest BCUT2D eigenvalue weighted by Crippen LogP contribution is 2.33. The molecule has 0 aromatic heterocycles. The zero-order valence-corrected chi connectivity index (χ0v) is 18.3. The minimum atomic E-state index is 0.162. The van der Waals surface area contributed by atoms with Crippen LogP contribution in [0.3, 0.4) is 0 Å². The van der Waals surface area contributed by atoms with Crippen LogP contribution in [0.15, 0.2) is 53.7 Å². The summed E-state index contributed by atoms with van der Waals surface area (Å²) in [5, 5.41) is 3.77. The molecule has 1 aliphatic carbocycles. The van der Waals surface area contributed by atoms with Crippen LogP contribution in [0.5, 0.6) is 17.2 Å². The Morgan fingerprint density at radius 1 is 0.967 bits per heavy atom. The zero-order chi connectivity index (χ0) is 21.3. The Hall–Kier alpha value is -2.95. The summed E-state index contributed by atoms with van der Waals surface area (Å²) in [5.41, 5.74) is 3.17. The molecule has 0 saturated heterocycles. The highest BCUT2D eigenvalue weighted by atomic mass is 16.6. The molecule has 160 valence electrons. The fourth-order valence-corrected chi connectivity index (χ4v) is 3.64. The van der Waals surface area contributed by atoms with Gasteiger partial charge in [0.25, 0.3) is 0 Å². The Kier molecular flexibility index (Phi) is 7.77. The van der Waals surface area contributed by atoms with Crippen molar-refractivity contribution in [2.24, 2.45) is 5.16 Å². The first kappa shape index (κ1) is 21.8. The maximum absolute atomic E-state index is 6.37. The van der Waals surface area contributed by atoms with Gasteiger partial charge in [0.1, 0.15) is 43.2 Å². The van der Waals surface area contributed by atoms with Gasteiger partial charge < -0.3 is 19.0 Å². The summed E-state index contributed by atoms with van der Waals surface area (Å²) < 4.78 is 18.3. The number of nitrogens with zero attached hydrogens (tertiary/aromatic N) is 1. The van der Waals surface area contributed by atoms with Gasteiger partial charge in [-0.25, -0.2) is 0 Å². The normalized spacial score (nSPS) is 18.8. The van der Waals surface area contributed by atoms with Crippen LogP contribution in [0, 0.1) is 13.8 Å². The quantitative estimate of drug-likeness (QED) is 0.306. The van der Waals surface area contributed by atoms with E-state index in [1.165, 1.54) is 7.11 Å². The van der Waals surface area contributed by atoms with Gasteiger partial charge in [-0.1, -0.05) is 17.3 Å². The van der Waals surface area contributed by atoms with Gasteiger partial charge in [0.05, 0.1) is 6.21 Å². The molecule has 5 heteroatoms. The molecule has 1 saturated carbocycles. The van der Waals surface area contributed by atoms with E-state index in [4.69, 9.17) is 19.0 Å². The lowest BCUT2D eigenvalue weighted by Crippen LogP contribution is -2.18. The van der Waals surface area contributed by atoms with Crippen molar-refractivity contribution >= 4 is 6.21 Å². The summed E-state index contributed by atoms with van der Waals surface area (Å²) in [7, 11) is 1.53. The molecule has 2 atom stereocenters. The lowest BCUT2D eigenvalue weighted by molar-refractivity contribution is 0.164. The molecule has 0 spiro atoms. The molecule has 0 N–H and O–H groups in total. The van der Waals surface area contributed by atoms with Gasteiger partial charge in [0.2, 0.25) is 0 Å². The van der Waals surface area contributed by atoms with E-state index < -0.39 is 0 Å². The largest absolute Gasteiger partial charge is 0.490 e. The number of rotatable bonds is 9. The molecule has 1 fully saturated rings. The first-order valence-electron chi connectivity index (χ1n) is 10.4. The van der Waals surface area contributed by atoms with E-state index in [1.54, 1.807) is 6.21 Å². The predicted molar refractivity (Wildman–Crippen MR) is 120 cm³/mol. The van der Waals surface area contributed by atoms with E-state index in [0.717, 1.165) is 53.2 Å². The number of oxime groups is 1. The van der Waals surface area contributed by atoms with Crippen molar-refractivity contribution in [1.82, 2.24) is 0 Å². The minimum absolute atomic E-state index is 0.162. The molecule has 1 aliphatic rings. The third kappa shape index (κ3) is 6.02. The topological polar surface area (TPSA) is 49.3 Å². The van der Waals surface area contributed by atoms with Crippen LogP contribution >= 0.6 is 0 Å². The number of hydrogen-bond donors (Lipinski definition) is 0. The molecular weight excluding hydrogens is 378 g/mol. The second kappa shape index (κ2) is 10.7. The molecule has 30 heavy (non-hydrogen) atoms. The fourth-order valence-electron chi connectivity index (χ4n) is 3.64. The monoisotopic (exact) mass is 409 g/mol. The third-order valence-corrected chi connectivity index (χ3v) is 5.13. The lowest BCUT2D eigenvalue weighted by atomic mass is 10.1. The van der Waals surface area contributed by atoms with Crippen molar-refractivity contribution < 1.29 is 19.0 Å². The molecule has 5 nitrogen and oxygen atoms in total. The average molecular weight is 410 g/mol. The first-order valence-corrected chi connectivity index (χ1v) is 10.4. The predicted octanol–water partition coefficient (Wildman–Crippen LogP) is 5.62. The Bertz CT molecular complexity index is 850. The van der Waals surface area contributed by atoms with Crippen LogP contribution in [0.25, 0.3) is 0 Å². The van der Waals surface area contributed by atoms with Crippen molar-refractivity contribution in [3.05, 3.63) is 65.2 Å². The van der Waals surface area contributed by atoms with Gasteiger partial charge in [-0.05, 0) is 86.7 Å². The SMILES string of the molecule is C/C=C/COc1cc(C)c(OC2CCC(Oc3ccc(/C=N\OC)cc3)C2)c(C)c1. The summed E-state index contributed by atoms with van der Waals surface area (Å²) in [6, 6.07) is 11.9. The smallest absolute Gasteiger partial charge is 0.125 e. The van der Waals surface area contributed by atoms with E-state index in [1.807, 2.05) is 55.5 Å². The zero-order valence-electron chi connectivity index (χ0n) is 18.3. The first-order chi connectivity index (χ1) is 14.6. The number of hydrogen-bond acceptors (Lipinski definition) is 5. The van der Waals surface area contributed by atoms with E-state index in [0.29, 0.717) is 6.61 Å². The summed E-state index contributed by atoms with van der Waals surface area (Å²) in [6.07, 6.45) is 8.83. The van der Waals surface area contributed by atoms with Gasteiger partial charge in [-0.2, -0.15) is 0 Å². The second-order valence-electron chi connectivity index (χ2n) is 7.55. The Balaban J connectivity index is 1.55. The molecule has 2 aromatic rings. The van der Waals surface area contributed by atoms with Gasteiger partial charge >= 0.3 is 0 Å². The van der Waals surface area contributed by atoms with Crippen LogP contribution < -0.4 is 14.2 Å². The van der Waals surface area contributed by atoms with E-state index in [-0.39, 0.29) is 12.2 Å². The molecule has 0 heterocycles. The van der Waals surface area contributed by atoms with Crippen LogP contribution in [0.2, 0.25) is 0 Å². The fraction of sp³-hybridized carbons (Fsp3) is 0.400. The molecule has 0 amide bonds. The minimum Gasteiger partial charge on any atom is -0.490 e. The van der Waals surface area contributed by atoms with Gasteiger partial charge in [0, 0.05) is 6.42 Å². The third-order valence-electron chi connectivity index (χ3n) is 5.13. The standard InChI is InChI=1S/C25H31NO4/c1-5-6-13-28-24-14-18(2)25(19(3)15-24)30-23-12-11-22(16-23)29-21-9-7-20(8-10-21)17-26-27-4/h5-10,14-15,17,22-23H,11-13,16H2,1-4H3/b6-5+,26-17-. The molecular formula is C25H31NO4. The maximum atomic E-state index is 6.37. The van der Waals surface area contributed by atoms with Gasteiger partial charge in [0.15, 0.2) is 0 Å². The van der Waals surface area contributed by atoms with E-state index in [9.17, 15) is 0 Å². The van der Waals surface area contributed by atoms with Crippen LogP contribution in [-0.2, 0) is 4.84 Å². The highest BCUT2D eigenvalue weighted by molar-refractivity contribution is 5.79. The van der Waals surface area contributed by atoms with Crippen molar-refractivity contribution in [2.75, 3.05) is 13.7 Å². The molecule has 3 rings (SSSR count). The van der Waals surface area contributed by atoms with Gasteiger partial charge in [-0.3, -0.25) is 0 Å². The molecule has 0 radical (unpaired) electrons. The highest BCUT2D eigenvalue weighted by Gasteiger charge is 2.28. The van der Waals surface area contributed by atoms with E-state index >= 15 is 0 Å². The number of aryl methyl sites for hydroxylation is 2. The second-order valence-corrected chi connectivity index (χ2v) is 7.55. The Morgan fingerprint density at radius 3 is 2.27 bits per heavy atom. The number of benzene rings is 2. The van der Waals surface area contributed by atoms with Gasteiger partial charge in [-0.15, -0.1) is 0 Å². The Labute approximate surface area is 179 Å².